The van der Waals surface area contributed by atoms with Crippen molar-refractivity contribution in [3.05, 3.63) is 28.5 Å². The summed E-state index contributed by atoms with van der Waals surface area (Å²) >= 11 is 3.31. The Morgan fingerprint density at radius 1 is 1.44 bits per heavy atom. The molecule has 16 heavy (non-hydrogen) atoms. The summed E-state index contributed by atoms with van der Waals surface area (Å²) in [5.74, 6) is 0.123. The summed E-state index contributed by atoms with van der Waals surface area (Å²) in [5.41, 5.74) is 0.805. The van der Waals surface area contributed by atoms with Gasteiger partial charge in [0.05, 0.1) is 19.6 Å². The van der Waals surface area contributed by atoms with Crippen LogP contribution in [0.15, 0.2) is 22.8 Å². The van der Waals surface area contributed by atoms with E-state index in [9.17, 15) is 4.79 Å². The number of pyridine rings is 1. The molecular weight excluding hydrogens is 272 g/mol. The number of ether oxygens (including phenoxy) is 1. The maximum Gasteiger partial charge on any atom is 0.228 e. The monoisotopic (exact) mass is 284 g/mol. The molecule has 5 heteroatoms. The third-order valence-electron chi connectivity index (χ3n) is 2.48. The van der Waals surface area contributed by atoms with Crippen molar-refractivity contribution < 1.29 is 9.53 Å². The summed E-state index contributed by atoms with van der Waals surface area (Å²) in [4.78, 5) is 17.9. The zero-order valence-corrected chi connectivity index (χ0v) is 10.4. The minimum atomic E-state index is 0.123. The number of hydrogen-bond donors (Lipinski definition) is 0. The maximum atomic E-state index is 11.9. The van der Waals surface area contributed by atoms with Crippen LogP contribution in [0.1, 0.15) is 5.69 Å². The molecule has 1 aromatic heterocycles. The van der Waals surface area contributed by atoms with E-state index in [1.807, 2.05) is 17.0 Å². The fourth-order valence-corrected chi connectivity index (χ4v) is 1.83. The standard InChI is InChI=1S/C11H13BrN2O2/c12-9-1-2-10(13-8-9)7-11(15)14-3-5-16-6-4-14/h1-2,8H,3-7H2. The number of morpholine rings is 1. The van der Waals surface area contributed by atoms with E-state index in [1.165, 1.54) is 0 Å². The zero-order chi connectivity index (χ0) is 11.4. The van der Waals surface area contributed by atoms with Crippen LogP contribution < -0.4 is 0 Å². The Labute approximate surface area is 103 Å². The second-order valence-corrected chi connectivity index (χ2v) is 4.55. The highest BCUT2D eigenvalue weighted by Gasteiger charge is 2.17. The van der Waals surface area contributed by atoms with Crippen molar-refractivity contribution in [2.45, 2.75) is 6.42 Å². The molecule has 0 unspecified atom stereocenters. The first-order chi connectivity index (χ1) is 7.75. The van der Waals surface area contributed by atoms with E-state index in [2.05, 4.69) is 20.9 Å². The second-order valence-electron chi connectivity index (χ2n) is 3.64. The number of carbonyl (C=O) groups is 1. The summed E-state index contributed by atoms with van der Waals surface area (Å²) in [6.07, 6.45) is 2.08. The molecule has 1 aliphatic heterocycles. The summed E-state index contributed by atoms with van der Waals surface area (Å²) < 4.78 is 6.13. The molecule has 1 aliphatic rings. The molecule has 0 radical (unpaired) electrons. The van der Waals surface area contributed by atoms with Gasteiger partial charge in [-0.25, -0.2) is 0 Å². The van der Waals surface area contributed by atoms with E-state index in [4.69, 9.17) is 4.74 Å². The van der Waals surface area contributed by atoms with E-state index in [-0.39, 0.29) is 5.91 Å². The first kappa shape index (κ1) is 11.5. The molecular formula is C11H13BrN2O2. The van der Waals surface area contributed by atoms with Crippen molar-refractivity contribution in [3.63, 3.8) is 0 Å². The summed E-state index contributed by atoms with van der Waals surface area (Å²) in [5, 5.41) is 0. The molecule has 4 nitrogen and oxygen atoms in total. The average molecular weight is 285 g/mol. The molecule has 1 amide bonds. The van der Waals surface area contributed by atoms with Crippen molar-refractivity contribution in [2.24, 2.45) is 0 Å². The zero-order valence-electron chi connectivity index (χ0n) is 8.86. The number of carbonyl (C=O) groups excluding carboxylic acids is 1. The molecule has 0 N–H and O–H groups in total. The number of amides is 1. The molecule has 1 saturated heterocycles. The van der Waals surface area contributed by atoms with Gasteiger partial charge in [0.25, 0.3) is 0 Å². The lowest BCUT2D eigenvalue weighted by Gasteiger charge is -2.26. The predicted molar refractivity (Wildman–Crippen MR) is 63.0 cm³/mol. The van der Waals surface area contributed by atoms with Crippen LogP contribution in [-0.4, -0.2) is 42.1 Å². The minimum Gasteiger partial charge on any atom is -0.378 e. The maximum absolute atomic E-state index is 11.9. The van der Waals surface area contributed by atoms with E-state index >= 15 is 0 Å². The molecule has 86 valence electrons. The van der Waals surface area contributed by atoms with E-state index in [0.717, 1.165) is 10.2 Å². The molecule has 0 bridgehead atoms. The van der Waals surface area contributed by atoms with E-state index < -0.39 is 0 Å². The number of rotatable bonds is 2. The molecule has 2 rings (SSSR count). The molecule has 0 atom stereocenters. The lowest BCUT2D eigenvalue weighted by atomic mass is 10.2. The topological polar surface area (TPSA) is 42.4 Å². The Morgan fingerprint density at radius 2 is 2.19 bits per heavy atom. The van der Waals surface area contributed by atoms with Gasteiger partial charge in [-0.2, -0.15) is 0 Å². The van der Waals surface area contributed by atoms with Gasteiger partial charge < -0.3 is 9.64 Å². The Morgan fingerprint density at radius 3 is 2.81 bits per heavy atom. The Hall–Kier alpha value is -0.940. The van der Waals surface area contributed by atoms with Crippen molar-refractivity contribution >= 4 is 21.8 Å². The lowest BCUT2D eigenvalue weighted by Crippen LogP contribution is -2.41. The summed E-state index contributed by atoms with van der Waals surface area (Å²) in [6.45, 7) is 2.66. The molecule has 1 fully saturated rings. The van der Waals surface area contributed by atoms with Crippen LogP contribution in [0.3, 0.4) is 0 Å². The predicted octanol–water partition coefficient (Wildman–Crippen LogP) is 1.25. The minimum absolute atomic E-state index is 0.123. The second kappa shape index (κ2) is 5.41. The van der Waals surface area contributed by atoms with Crippen LogP contribution in [0, 0.1) is 0 Å². The first-order valence-corrected chi connectivity index (χ1v) is 6.01. The van der Waals surface area contributed by atoms with Crippen LogP contribution in [0.4, 0.5) is 0 Å². The lowest BCUT2D eigenvalue weighted by molar-refractivity contribution is -0.134. The Balaban J connectivity index is 1.93. The van der Waals surface area contributed by atoms with E-state index in [0.29, 0.717) is 32.7 Å². The van der Waals surface area contributed by atoms with Crippen LogP contribution in [0.25, 0.3) is 0 Å². The number of halogens is 1. The van der Waals surface area contributed by atoms with E-state index in [1.54, 1.807) is 6.20 Å². The Kier molecular flexibility index (Phi) is 3.90. The van der Waals surface area contributed by atoms with Gasteiger partial charge in [-0.1, -0.05) is 0 Å². The van der Waals surface area contributed by atoms with Crippen molar-refractivity contribution in [1.82, 2.24) is 9.88 Å². The van der Waals surface area contributed by atoms with Crippen LogP contribution in [-0.2, 0) is 16.0 Å². The largest absolute Gasteiger partial charge is 0.378 e. The molecule has 0 aromatic carbocycles. The van der Waals surface area contributed by atoms with Gasteiger partial charge >= 0.3 is 0 Å². The van der Waals surface area contributed by atoms with Crippen molar-refractivity contribution in [3.8, 4) is 0 Å². The van der Waals surface area contributed by atoms with Crippen LogP contribution in [0.2, 0.25) is 0 Å². The highest BCUT2D eigenvalue weighted by Crippen LogP contribution is 2.09. The normalized spacial score (nSPS) is 16.2. The third-order valence-corrected chi connectivity index (χ3v) is 2.95. The van der Waals surface area contributed by atoms with Gasteiger partial charge in [-0.3, -0.25) is 9.78 Å². The smallest absolute Gasteiger partial charge is 0.228 e. The fourth-order valence-electron chi connectivity index (χ4n) is 1.59. The fraction of sp³-hybridized carbons (Fsp3) is 0.455. The molecule has 2 heterocycles. The SMILES string of the molecule is O=C(Cc1ccc(Br)cn1)N1CCOCC1. The number of aromatic nitrogens is 1. The average Bonchev–Trinajstić information content (AvgIpc) is 2.33. The summed E-state index contributed by atoms with van der Waals surface area (Å²) in [6, 6.07) is 3.76. The molecule has 0 saturated carbocycles. The van der Waals surface area contributed by atoms with Gasteiger partial charge in [0, 0.05) is 29.5 Å². The number of nitrogens with zero attached hydrogens (tertiary/aromatic N) is 2. The van der Waals surface area contributed by atoms with Crippen LogP contribution in [0.5, 0.6) is 0 Å². The highest BCUT2D eigenvalue weighted by molar-refractivity contribution is 9.10. The summed E-state index contributed by atoms with van der Waals surface area (Å²) in [7, 11) is 0. The van der Waals surface area contributed by atoms with Crippen LogP contribution >= 0.6 is 15.9 Å². The molecule has 0 spiro atoms. The number of hydrogen-bond acceptors (Lipinski definition) is 3. The van der Waals surface area contributed by atoms with Crippen molar-refractivity contribution in [2.75, 3.05) is 26.3 Å². The van der Waals surface area contributed by atoms with Gasteiger partial charge in [0.2, 0.25) is 5.91 Å². The molecule has 1 aromatic rings. The van der Waals surface area contributed by atoms with Gasteiger partial charge in [-0.15, -0.1) is 0 Å². The Bertz CT molecular complexity index is 361. The van der Waals surface area contributed by atoms with Crippen molar-refractivity contribution in [1.29, 1.82) is 0 Å². The van der Waals surface area contributed by atoms with Gasteiger partial charge in [0.15, 0.2) is 0 Å². The highest BCUT2D eigenvalue weighted by atomic mass is 79.9. The van der Waals surface area contributed by atoms with Gasteiger partial charge in [-0.05, 0) is 28.1 Å². The van der Waals surface area contributed by atoms with Gasteiger partial charge in [0.1, 0.15) is 0 Å². The quantitative estimate of drug-likeness (QED) is 0.821. The first-order valence-electron chi connectivity index (χ1n) is 5.21. The molecule has 0 aliphatic carbocycles. The third kappa shape index (κ3) is 3.02.